The highest BCUT2D eigenvalue weighted by molar-refractivity contribution is 5.89. The fourth-order valence-corrected chi connectivity index (χ4v) is 3.20. The predicted molar refractivity (Wildman–Crippen MR) is 89.3 cm³/mol. The van der Waals surface area contributed by atoms with E-state index in [0.717, 1.165) is 38.1 Å². The van der Waals surface area contributed by atoms with E-state index in [1.807, 2.05) is 4.90 Å². The number of anilines is 1. The van der Waals surface area contributed by atoms with Gasteiger partial charge in [0.1, 0.15) is 11.6 Å². The zero-order valence-electron chi connectivity index (χ0n) is 13.9. The summed E-state index contributed by atoms with van der Waals surface area (Å²) < 4.78 is 26.5. The number of hydrogen-bond acceptors (Lipinski definition) is 2. The van der Waals surface area contributed by atoms with E-state index in [9.17, 15) is 18.4 Å². The molecule has 2 saturated heterocycles. The summed E-state index contributed by atoms with van der Waals surface area (Å²) in [6.45, 7) is 2.55. The number of nitrogens with one attached hydrogen (secondary N) is 2. The molecule has 0 radical (unpaired) electrons. The molecule has 4 amide bonds. The first-order chi connectivity index (χ1) is 12.0. The van der Waals surface area contributed by atoms with E-state index in [1.165, 1.54) is 6.07 Å². The molecule has 0 aromatic heterocycles. The van der Waals surface area contributed by atoms with Crippen LogP contribution in [0, 0.1) is 11.6 Å². The Kier molecular flexibility index (Phi) is 5.35. The van der Waals surface area contributed by atoms with Crippen LogP contribution in [-0.2, 0) is 0 Å². The molecule has 136 valence electrons. The van der Waals surface area contributed by atoms with Crippen LogP contribution in [0.5, 0.6) is 0 Å². The van der Waals surface area contributed by atoms with E-state index in [0.29, 0.717) is 25.9 Å². The Hall–Kier alpha value is -2.38. The summed E-state index contributed by atoms with van der Waals surface area (Å²) in [7, 11) is 0. The molecule has 0 atom stereocenters. The van der Waals surface area contributed by atoms with Crippen LogP contribution in [0.3, 0.4) is 0 Å². The topological polar surface area (TPSA) is 64.7 Å². The minimum absolute atomic E-state index is 0.0335. The van der Waals surface area contributed by atoms with E-state index in [2.05, 4.69) is 10.6 Å². The Morgan fingerprint density at radius 1 is 0.960 bits per heavy atom. The molecule has 2 heterocycles. The molecule has 2 N–H and O–H groups in total. The number of halogens is 2. The summed E-state index contributed by atoms with van der Waals surface area (Å²) in [6, 6.07) is 2.61. The maximum absolute atomic E-state index is 13.6. The summed E-state index contributed by atoms with van der Waals surface area (Å²) in [6.07, 6.45) is 3.40. The molecule has 2 aliphatic rings. The minimum atomic E-state index is -0.805. The van der Waals surface area contributed by atoms with Crippen molar-refractivity contribution in [2.24, 2.45) is 0 Å². The number of hydrogen-bond donors (Lipinski definition) is 2. The second kappa shape index (κ2) is 7.67. The third-order valence-electron chi connectivity index (χ3n) is 4.68. The average Bonchev–Trinajstić information content (AvgIpc) is 3.13. The number of nitrogens with zero attached hydrogens (tertiary/aromatic N) is 2. The number of urea groups is 2. The van der Waals surface area contributed by atoms with Gasteiger partial charge in [0.05, 0.1) is 5.69 Å². The largest absolute Gasteiger partial charge is 0.335 e. The summed E-state index contributed by atoms with van der Waals surface area (Å²) in [5, 5.41) is 5.47. The van der Waals surface area contributed by atoms with Gasteiger partial charge in [0.15, 0.2) is 0 Å². The number of carbonyl (C=O) groups excluding carboxylic acids is 2. The van der Waals surface area contributed by atoms with E-state index in [4.69, 9.17) is 0 Å². The monoisotopic (exact) mass is 352 g/mol. The number of rotatable bonds is 2. The van der Waals surface area contributed by atoms with Gasteiger partial charge >= 0.3 is 12.1 Å². The molecule has 25 heavy (non-hydrogen) atoms. The van der Waals surface area contributed by atoms with Gasteiger partial charge in [-0.05, 0) is 37.8 Å². The first-order valence-corrected chi connectivity index (χ1v) is 8.59. The second-order valence-electron chi connectivity index (χ2n) is 6.46. The van der Waals surface area contributed by atoms with Gasteiger partial charge in [-0.15, -0.1) is 0 Å². The van der Waals surface area contributed by atoms with Crippen molar-refractivity contribution in [3.8, 4) is 0 Å². The maximum Gasteiger partial charge on any atom is 0.321 e. The molecule has 3 rings (SSSR count). The molecule has 1 aromatic rings. The summed E-state index contributed by atoms with van der Waals surface area (Å²) in [5.41, 5.74) is -0.0455. The predicted octanol–water partition coefficient (Wildman–Crippen LogP) is 2.77. The van der Waals surface area contributed by atoms with E-state index in [-0.39, 0.29) is 17.8 Å². The van der Waals surface area contributed by atoms with E-state index < -0.39 is 17.7 Å². The third-order valence-corrected chi connectivity index (χ3v) is 4.68. The Bertz CT molecular complexity index is 642. The van der Waals surface area contributed by atoms with Gasteiger partial charge < -0.3 is 20.4 Å². The smallest absolute Gasteiger partial charge is 0.321 e. The standard InChI is InChI=1S/C17H22F2N4O2/c18-12-3-4-15(14(19)11-12)21-17(25)23-9-5-13(6-10-23)20-16(24)22-7-1-2-8-22/h3-4,11,13H,1-2,5-10H2,(H,20,24)(H,21,25). The fourth-order valence-electron chi connectivity index (χ4n) is 3.20. The zero-order valence-corrected chi connectivity index (χ0v) is 13.9. The Labute approximate surface area is 145 Å². The Morgan fingerprint density at radius 3 is 2.24 bits per heavy atom. The lowest BCUT2D eigenvalue weighted by Gasteiger charge is -2.33. The molecule has 0 aliphatic carbocycles. The van der Waals surface area contributed by atoms with Crippen LogP contribution in [0.4, 0.5) is 24.1 Å². The molecule has 0 saturated carbocycles. The van der Waals surface area contributed by atoms with Crippen LogP contribution in [0.15, 0.2) is 18.2 Å². The molecule has 6 nitrogen and oxygen atoms in total. The van der Waals surface area contributed by atoms with Crippen molar-refractivity contribution in [2.75, 3.05) is 31.5 Å². The van der Waals surface area contributed by atoms with E-state index in [1.54, 1.807) is 4.90 Å². The van der Waals surface area contributed by atoms with Crippen LogP contribution in [0.1, 0.15) is 25.7 Å². The van der Waals surface area contributed by atoms with Crippen molar-refractivity contribution in [3.05, 3.63) is 29.8 Å². The Morgan fingerprint density at radius 2 is 1.60 bits per heavy atom. The lowest BCUT2D eigenvalue weighted by Crippen LogP contribution is -2.50. The number of piperidine rings is 1. The lowest BCUT2D eigenvalue weighted by atomic mass is 10.1. The molecule has 1 aromatic carbocycles. The molecule has 8 heteroatoms. The molecule has 0 spiro atoms. The third kappa shape index (κ3) is 4.37. The van der Waals surface area contributed by atoms with Gasteiger partial charge in [-0.1, -0.05) is 0 Å². The van der Waals surface area contributed by atoms with Crippen LogP contribution in [-0.4, -0.2) is 54.1 Å². The molecule has 0 bridgehead atoms. The summed E-state index contributed by atoms with van der Waals surface area (Å²) in [4.78, 5) is 27.7. The molecular weight excluding hydrogens is 330 g/mol. The van der Waals surface area contributed by atoms with Gasteiger partial charge in [-0.25, -0.2) is 18.4 Å². The number of likely N-dealkylation sites (tertiary alicyclic amines) is 2. The Balaban J connectivity index is 1.46. The number of carbonyl (C=O) groups is 2. The molecular formula is C17H22F2N4O2. The quantitative estimate of drug-likeness (QED) is 0.860. The lowest BCUT2D eigenvalue weighted by molar-refractivity contribution is 0.179. The van der Waals surface area contributed by atoms with Crippen molar-refractivity contribution >= 4 is 17.7 Å². The van der Waals surface area contributed by atoms with Gasteiger partial charge in [-0.2, -0.15) is 0 Å². The minimum Gasteiger partial charge on any atom is -0.335 e. The number of benzene rings is 1. The average molecular weight is 352 g/mol. The van der Waals surface area contributed by atoms with Gasteiger partial charge in [0, 0.05) is 38.3 Å². The van der Waals surface area contributed by atoms with Crippen LogP contribution >= 0.6 is 0 Å². The summed E-state index contributed by atoms with van der Waals surface area (Å²) >= 11 is 0. The summed E-state index contributed by atoms with van der Waals surface area (Å²) in [5.74, 6) is -1.49. The normalized spacial score (nSPS) is 18.3. The molecule has 2 fully saturated rings. The van der Waals surface area contributed by atoms with Crippen molar-refractivity contribution in [3.63, 3.8) is 0 Å². The first-order valence-electron chi connectivity index (χ1n) is 8.59. The number of amides is 4. The SMILES string of the molecule is O=C(Nc1ccc(F)cc1F)N1CCC(NC(=O)N2CCCC2)CC1. The molecule has 0 unspecified atom stereocenters. The van der Waals surface area contributed by atoms with Crippen molar-refractivity contribution in [1.82, 2.24) is 15.1 Å². The second-order valence-corrected chi connectivity index (χ2v) is 6.46. The maximum atomic E-state index is 13.6. The molecule has 2 aliphatic heterocycles. The highest BCUT2D eigenvalue weighted by Crippen LogP contribution is 2.18. The van der Waals surface area contributed by atoms with Crippen molar-refractivity contribution in [1.29, 1.82) is 0 Å². The van der Waals surface area contributed by atoms with Gasteiger partial charge in [0.2, 0.25) is 0 Å². The van der Waals surface area contributed by atoms with Gasteiger partial charge in [-0.3, -0.25) is 0 Å². The van der Waals surface area contributed by atoms with Gasteiger partial charge in [0.25, 0.3) is 0 Å². The van der Waals surface area contributed by atoms with Crippen LogP contribution in [0.2, 0.25) is 0 Å². The van der Waals surface area contributed by atoms with E-state index >= 15 is 0 Å². The highest BCUT2D eigenvalue weighted by atomic mass is 19.1. The first kappa shape index (κ1) is 17.4. The van der Waals surface area contributed by atoms with Crippen LogP contribution in [0.25, 0.3) is 0 Å². The van der Waals surface area contributed by atoms with Crippen LogP contribution < -0.4 is 10.6 Å². The van der Waals surface area contributed by atoms with Crippen molar-refractivity contribution < 1.29 is 18.4 Å². The zero-order chi connectivity index (χ0) is 17.8. The fraction of sp³-hybridized carbons (Fsp3) is 0.529. The highest BCUT2D eigenvalue weighted by Gasteiger charge is 2.26. The van der Waals surface area contributed by atoms with Crippen molar-refractivity contribution in [2.45, 2.75) is 31.7 Å².